The highest BCUT2D eigenvalue weighted by Gasteiger charge is 2.35. The van der Waals surface area contributed by atoms with Gasteiger partial charge in [0, 0.05) is 6.54 Å². The van der Waals surface area contributed by atoms with Crippen LogP contribution in [0, 0.1) is 5.21 Å². The molecule has 1 aliphatic heterocycles. The van der Waals surface area contributed by atoms with Crippen LogP contribution < -0.4 is 5.73 Å². The largest absolute Gasteiger partial charge is 0.616 e. The molecule has 1 aromatic rings. The summed E-state index contributed by atoms with van der Waals surface area (Å²) >= 11 is 0. The normalized spacial score (nSPS) is 15.2. The topological polar surface area (TPSA) is 118 Å². The molecule has 0 atom stereocenters. The quantitative estimate of drug-likeness (QED) is 0.190. The summed E-state index contributed by atoms with van der Waals surface area (Å²) in [7, 11) is 0. The minimum absolute atomic E-state index is 0.0248. The molecule has 1 aliphatic rings. The van der Waals surface area contributed by atoms with Crippen molar-refractivity contribution in [2.75, 3.05) is 19.6 Å². The van der Waals surface area contributed by atoms with E-state index in [1.54, 1.807) is 0 Å². The Balaban J connectivity index is 1.93. The first kappa shape index (κ1) is 16.7. The van der Waals surface area contributed by atoms with Crippen molar-refractivity contribution < 1.29 is 18.7 Å². The molecule has 1 fully saturated rings. The van der Waals surface area contributed by atoms with Crippen LogP contribution in [0.3, 0.4) is 0 Å². The second-order valence-electron chi connectivity index (χ2n) is 5.03. The summed E-state index contributed by atoms with van der Waals surface area (Å²) in [4.78, 5) is 25.1. The number of unbranched alkanes of at least 4 members (excludes halogenated alkanes) is 2. The molecule has 0 aromatic carbocycles. The lowest BCUT2D eigenvalue weighted by atomic mass is 10.2. The number of carbonyl (C=O) groups excluding carboxylic acids is 2. The Morgan fingerprint density at radius 3 is 2.83 bits per heavy atom. The first-order valence-corrected chi connectivity index (χ1v) is 7.26. The molecule has 23 heavy (non-hydrogen) atoms. The van der Waals surface area contributed by atoms with Crippen LogP contribution >= 0.6 is 0 Å². The number of hydrogen-bond donors (Lipinski definition) is 1. The zero-order valence-electron chi connectivity index (χ0n) is 12.7. The third-order valence-electron chi connectivity index (χ3n) is 3.31. The van der Waals surface area contributed by atoms with Gasteiger partial charge in [0.25, 0.3) is 5.91 Å². The van der Waals surface area contributed by atoms with Gasteiger partial charge < -0.3 is 15.4 Å². The Labute approximate surface area is 133 Å². The molecule has 9 nitrogen and oxygen atoms in total. The molecular formula is C14H19N5O4. The maximum absolute atomic E-state index is 12.1. The monoisotopic (exact) mass is 321 g/mol. The van der Waals surface area contributed by atoms with Gasteiger partial charge in [-0.1, -0.05) is 6.42 Å². The first-order valence-electron chi connectivity index (χ1n) is 7.26. The minimum Gasteiger partial charge on any atom is -0.616 e. The van der Waals surface area contributed by atoms with Crippen molar-refractivity contribution in [3.8, 4) is 0 Å². The number of rotatable bonds is 8. The first-order chi connectivity index (χ1) is 11.0. The number of hydrazone groups is 1. The molecule has 2 heterocycles. The molecule has 0 bridgehead atoms. The van der Waals surface area contributed by atoms with Crippen molar-refractivity contribution in [2.24, 2.45) is 10.8 Å². The maximum Gasteiger partial charge on any atom is 0.384 e. The van der Waals surface area contributed by atoms with Crippen molar-refractivity contribution in [1.82, 2.24) is 9.91 Å². The Bertz CT molecular complexity index is 624. The van der Waals surface area contributed by atoms with E-state index in [0.29, 0.717) is 17.8 Å². The van der Waals surface area contributed by atoms with Crippen molar-refractivity contribution in [2.45, 2.75) is 19.3 Å². The van der Waals surface area contributed by atoms with Crippen LogP contribution in [0.25, 0.3) is 0 Å². The van der Waals surface area contributed by atoms with Crippen molar-refractivity contribution >= 4 is 30.8 Å². The number of nitrogens with two attached hydrogens (primary N) is 1. The molecule has 3 amide bonds. The van der Waals surface area contributed by atoms with Crippen molar-refractivity contribution in [3.63, 3.8) is 0 Å². The zero-order chi connectivity index (χ0) is 16.8. The number of urea groups is 1. The van der Waals surface area contributed by atoms with Crippen LogP contribution in [0.4, 0.5) is 10.7 Å². The molecule has 1 saturated heterocycles. The number of amides is 3. The van der Waals surface area contributed by atoms with Gasteiger partial charge in [-0.25, -0.2) is 9.80 Å². The van der Waals surface area contributed by atoms with Gasteiger partial charge in [0.1, 0.15) is 13.3 Å². The van der Waals surface area contributed by atoms with Crippen molar-refractivity contribution in [1.29, 1.82) is 0 Å². The van der Waals surface area contributed by atoms with Gasteiger partial charge in [0.15, 0.2) is 5.76 Å². The van der Waals surface area contributed by atoms with Crippen LogP contribution in [0.15, 0.2) is 21.7 Å². The van der Waals surface area contributed by atoms with Gasteiger partial charge in [-0.3, -0.25) is 9.69 Å². The summed E-state index contributed by atoms with van der Waals surface area (Å²) in [5.74, 6) is 0.0199. The number of imide groups is 1. The molecule has 0 spiro atoms. The lowest BCUT2D eigenvalue weighted by Crippen LogP contribution is -2.32. The van der Waals surface area contributed by atoms with Gasteiger partial charge in [0.05, 0.1) is 12.3 Å². The standard InChI is InChI=1S/C14H19N5O4/c1-17(22)13-6-5-11(23-13)9-16-19-10-12(20)18(14(19)21)8-4-2-3-7-15/h5-6,9H,1-4,7-8,10,15H2/b16-9+. The Morgan fingerprint density at radius 1 is 1.39 bits per heavy atom. The Morgan fingerprint density at radius 2 is 2.17 bits per heavy atom. The van der Waals surface area contributed by atoms with Crippen molar-refractivity contribution in [3.05, 3.63) is 23.1 Å². The minimum atomic E-state index is -0.464. The third-order valence-corrected chi connectivity index (χ3v) is 3.31. The van der Waals surface area contributed by atoms with E-state index >= 15 is 0 Å². The van der Waals surface area contributed by atoms with Gasteiger partial charge in [0.2, 0.25) is 0 Å². The van der Waals surface area contributed by atoms with E-state index in [9.17, 15) is 14.8 Å². The summed E-state index contributed by atoms with van der Waals surface area (Å²) in [5.41, 5.74) is 5.40. The summed E-state index contributed by atoms with van der Waals surface area (Å²) in [6.07, 6.45) is 3.72. The summed E-state index contributed by atoms with van der Waals surface area (Å²) in [6.45, 7) is 4.00. The maximum atomic E-state index is 12.1. The summed E-state index contributed by atoms with van der Waals surface area (Å²) in [6, 6.07) is 2.48. The predicted octanol–water partition coefficient (Wildman–Crippen LogP) is 0.849. The molecule has 124 valence electrons. The predicted molar refractivity (Wildman–Crippen MR) is 83.4 cm³/mol. The molecule has 0 saturated carbocycles. The van der Waals surface area contributed by atoms with E-state index < -0.39 is 6.03 Å². The second kappa shape index (κ2) is 7.54. The van der Waals surface area contributed by atoms with E-state index in [4.69, 9.17) is 10.2 Å². The Kier molecular flexibility index (Phi) is 5.47. The fourth-order valence-corrected chi connectivity index (χ4v) is 2.10. The van der Waals surface area contributed by atoms with Gasteiger partial charge >= 0.3 is 11.9 Å². The lowest BCUT2D eigenvalue weighted by molar-refractivity contribution is -0.368. The molecule has 0 aliphatic carbocycles. The highest BCUT2D eigenvalue weighted by molar-refractivity contribution is 6.02. The number of nitrogens with zero attached hydrogens (tertiary/aromatic N) is 4. The highest BCUT2D eigenvalue weighted by Crippen LogP contribution is 2.15. The number of hydrogen-bond acceptors (Lipinski definition) is 6. The smallest absolute Gasteiger partial charge is 0.384 e. The van der Waals surface area contributed by atoms with Gasteiger partial charge in [-0.2, -0.15) is 5.10 Å². The fraction of sp³-hybridized carbons (Fsp3) is 0.429. The molecule has 1 aromatic heterocycles. The van der Waals surface area contributed by atoms with E-state index in [-0.39, 0.29) is 24.1 Å². The van der Waals surface area contributed by atoms with E-state index in [1.807, 2.05) is 0 Å². The van der Waals surface area contributed by atoms with Crippen LogP contribution in [-0.4, -0.2) is 59.2 Å². The second-order valence-corrected chi connectivity index (χ2v) is 5.03. The molecule has 0 unspecified atom stereocenters. The lowest BCUT2D eigenvalue weighted by Gasteiger charge is -2.13. The van der Waals surface area contributed by atoms with Crippen LogP contribution in [0.5, 0.6) is 0 Å². The molecule has 2 N–H and O–H groups in total. The Hall–Kier alpha value is -2.68. The molecular weight excluding hydrogens is 302 g/mol. The van der Waals surface area contributed by atoms with E-state index in [2.05, 4.69) is 11.8 Å². The van der Waals surface area contributed by atoms with Crippen LogP contribution in [0.1, 0.15) is 25.0 Å². The van der Waals surface area contributed by atoms with Crippen LogP contribution in [0.2, 0.25) is 0 Å². The molecule has 9 heteroatoms. The molecule has 2 rings (SSSR count). The zero-order valence-corrected chi connectivity index (χ0v) is 12.7. The highest BCUT2D eigenvalue weighted by atomic mass is 16.5. The average Bonchev–Trinajstić information content (AvgIpc) is 3.08. The number of carbonyl (C=O) groups is 2. The third kappa shape index (κ3) is 4.16. The van der Waals surface area contributed by atoms with Crippen LogP contribution in [-0.2, 0) is 4.79 Å². The average molecular weight is 321 g/mol. The van der Waals surface area contributed by atoms with Gasteiger partial charge in [-0.05, 0) is 25.5 Å². The molecule has 0 radical (unpaired) electrons. The fourth-order valence-electron chi connectivity index (χ4n) is 2.10. The van der Waals surface area contributed by atoms with Gasteiger partial charge in [-0.15, -0.1) is 4.74 Å². The summed E-state index contributed by atoms with van der Waals surface area (Å²) < 4.78 is 5.46. The summed E-state index contributed by atoms with van der Waals surface area (Å²) in [5, 5.41) is 15.9. The van der Waals surface area contributed by atoms with E-state index in [0.717, 1.165) is 24.3 Å². The van der Waals surface area contributed by atoms with E-state index in [1.165, 1.54) is 23.2 Å². The number of furan rings is 1. The SMILES string of the molecule is C=[N+]([O-])c1ccc(/C=N/N2CC(=O)N(CCCCCN)C2=O)o1.